The first kappa shape index (κ1) is 32.8. The first-order valence-electron chi connectivity index (χ1n) is 21.1. The van der Waals surface area contributed by atoms with Crippen LogP contribution in [0.3, 0.4) is 0 Å². The first-order valence-corrected chi connectivity index (χ1v) is 21.1. The van der Waals surface area contributed by atoms with Crippen molar-refractivity contribution < 1.29 is 0 Å². The largest absolute Gasteiger partial charge is 0.309 e. The van der Waals surface area contributed by atoms with Crippen LogP contribution in [0.2, 0.25) is 0 Å². The topological polar surface area (TPSA) is 14.8 Å². The van der Waals surface area contributed by atoms with Crippen LogP contribution in [-0.2, 0) is 0 Å². The molecule has 11 aromatic carbocycles. The van der Waals surface area contributed by atoms with Gasteiger partial charge < -0.3 is 13.7 Å². The Balaban J connectivity index is 1.03. The van der Waals surface area contributed by atoms with Gasteiger partial charge in [0, 0.05) is 49.1 Å². The summed E-state index contributed by atoms with van der Waals surface area (Å²) in [5.41, 5.74) is 13.2. The fourth-order valence-electron chi connectivity index (χ4n) is 10.8. The van der Waals surface area contributed by atoms with Gasteiger partial charge in [-0.05, 0) is 117 Å². The third-order valence-corrected chi connectivity index (χ3v) is 13.3. The van der Waals surface area contributed by atoms with Gasteiger partial charge in [-0.15, -0.1) is 0 Å². The minimum atomic E-state index is 1.17. The molecule has 0 unspecified atom stereocenters. The molecule has 0 amide bonds. The van der Waals surface area contributed by atoms with Crippen molar-refractivity contribution in [1.82, 2.24) is 13.7 Å². The van der Waals surface area contributed by atoms with Gasteiger partial charge in [0.2, 0.25) is 0 Å². The van der Waals surface area contributed by atoms with Crippen molar-refractivity contribution in [3.8, 4) is 28.2 Å². The Labute approximate surface area is 350 Å². The summed E-state index contributed by atoms with van der Waals surface area (Å²) in [4.78, 5) is 0. The molecule has 0 saturated carbocycles. The second-order valence-electron chi connectivity index (χ2n) is 16.5. The second-order valence-corrected chi connectivity index (χ2v) is 16.5. The summed E-state index contributed by atoms with van der Waals surface area (Å²) < 4.78 is 7.34. The molecular weight excluding hydrogens is 739 g/mol. The maximum absolute atomic E-state index is 2.51. The molecule has 0 bridgehead atoms. The van der Waals surface area contributed by atoms with E-state index in [1.165, 1.54) is 126 Å². The van der Waals surface area contributed by atoms with Crippen LogP contribution in [0.1, 0.15) is 0 Å². The third kappa shape index (κ3) is 4.47. The number of hydrogen-bond acceptors (Lipinski definition) is 0. The van der Waals surface area contributed by atoms with Crippen molar-refractivity contribution in [3.05, 3.63) is 212 Å². The smallest absolute Gasteiger partial charge is 0.0553 e. The average Bonchev–Trinajstić information content (AvgIpc) is 3.96. The number of fused-ring (bicyclic) bond motifs is 10. The Bertz CT molecular complexity index is 4090. The highest BCUT2D eigenvalue weighted by Crippen LogP contribution is 2.46. The highest BCUT2D eigenvalue weighted by atomic mass is 15.0. The first-order chi connectivity index (χ1) is 30.3. The van der Waals surface area contributed by atoms with Crippen molar-refractivity contribution in [2.75, 3.05) is 0 Å². The second kappa shape index (κ2) is 12.2. The summed E-state index contributed by atoms with van der Waals surface area (Å²) in [5.74, 6) is 0. The summed E-state index contributed by atoms with van der Waals surface area (Å²) >= 11 is 0. The molecule has 0 aliphatic heterocycles. The Kier molecular flexibility index (Phi) is 6.56. The van der Waals surface area contributed by atoms with Gasteiger partial charge in [0.25, 0.3) is 0 Å². The minimum Gasteiger partial charge on any atom is -0.309 e. The van der Waals surface area contributed by atoms with Crippen molar-refractivity contribution >= 4 is 97.7 Å². The molecule has 3 aromatic heterocycles. The van der Waals surface area contributed by atoms with Gasteiger partial charge in [0.05, 0.1) is 38.8 Å². The van der Waals surface area contributed by atoms with Crippen LogP contribution < -0.4 is 0 Å². The fraction of sp³-hybridized carbons (Fsp3) is 0. The van der Waals surface area contributed by atoms with Crippen LogP contribution in [0.25, 0.3) is 126 Å². The summed E-state index contributed by atoms with van der Waals surface area (Å²) in [5, 5.41) is 15.3. The Morgan fingerprint density at radius 1 is 0.230 bits per heavy atom. The van der Waals surface area contributed by atoms with Gasteiger partial charge >= 0.3 is 0 Å². The molecule has 0 aliphatic carbocycles. The molecule has 0 radical (unpaired) electrons. The van der Waals surface area contributed by atoms with Crippen LogP contribution in [0.15, 0.2) is 212 Å². The third-order valence-electron chi connectivity index (χ3n) is 13.3. The summed E-state index contributed by atoms with van der Waals surface area (Å²) in [6.45, 7) is 0. The normalized spacial score (nSPS) is 12.3. The molecule has 61 heavy (non-hydrogen) atoms. The number of aromatic nitrogens is 3. The van der Waals surface area contributed by atoms with E-state index < -0.39 is 0 Å². The van der Waals surface area contributed by atoms with E-state index >= 15 is 0 Å². The van der Waals surface area contributed by atoms with E-state index in [-0.39, 0.29) is 0 Å². The molecule has 3 nitrogen and oxygen atoms in total. The summed E-state index contributed by atoms with van der Waals surface area (Å²) in [6.07, 6.45) is 0. The lowest BCUT2D eigenvalue weighted by atomic mass is 9.91. The van der Waals surface area contributed by atoms with E-state index in [9.17, 15) is 0 Å². The molecule has 0 saturated heterocycles. The monoisotopic (exact) mass is 773 g/mol. The number of nitrogens with zero attached hydrogens (tertiary/aromatic N) is 3. The number of hydrogen-bond donors (Lipinski definition) is 0. The molecule has 0 spiro atoms. The van der Waals surface area contributed by atoms with Crippen molar-refractivity contribution in [3.63, 3.8) is 0 Å². The molecule has 14 rings (SSSR count). The zero-order valence-electron chi connectivity index (χ0n) is 33.0. The Morgan fingerprint density at radius 3 is 1.38 bits per heavy atom. The number of para-hydroxylation sites is 5. The lowest BCUT2D eigenvalue weighted by Crippen LogP contribution is -1.98. The van der Waals surface area contributed by atoms with E-state index in [2.05, 4.69) is 226 Å². The van der Waals surface area contributed by atoms with Crippen LogP contribution in [-0.4, -0.2) is 13.7 Å². The fourth-order valence-corrected chi connectivity index (χ4v) is 10.8. The lowest BCUT2D eigenvalue weighted by Gasteiger charge is -2.18. The predicted molar refractivity (Wildman–Crippen MR) is 259 cm³/mol. The minimum absolute atomic E-state index is 1.17. The number of benzene rings is 11. The highest BCUT2D eigenvalue weighted by Gasteiger charge is 2.22. The van der Waals surface area contributed by atoms with E-state index in [1.54, 1.807) is 0 Å². The lowest BCUT2D eigenvalue weighted by molar-refractivity contribution is 1.18. The predicted octanol–water partition coefficient (Wildman–Crippen LogP) is 15.5. The van der Waals surface area contributed by atoms with Crippen molar-refractivity contribution in [2.45, 2.75) is 0 Å². The van der Waals surface area contributed by atoms with E-state index in [0.717, 1.165) is 0 Å². The molecule has 0 N–H and O–H groups in total. The van der Waals surface area contributed by atoms with Gasteiger partial charge in [-0.1, -0.05) is 133 Å². The van der Waals surface area contributed by atoms with Crippen LogP contribution in [0.4, 0.5) is 0 Å². The zero-order valence-corrected chi connectivity index (χ0v) is 33.0. The van der Waals surface area contributed by atoms with Crippen molar-refractivity contribution in [2.24, 2.45) is 0 Å². The molecule has 3 heteroatoms. The van der Waals surface area contributed by atoms with E-state index in [4.69, 9.17) is 0 Å². The highest BCUT2D eigenvalue weighted by molar-refractivity contribution is 6.34. The van der Waals surface area contributed by atoms with E-state index in [1.807, 2.05) is 0 Å². The van der Waals surface area contributed by atoms with Crippen LogP contribution in [0, 0.1) is 0 Å². The van der Waals surface area contributed by atoms with Crippen LogP contribution >= 0.6 is 0 Å². The Morgan fingerprint density at radius 2 is 0.721 bits per heavy atom. The maximum atomic E-state index is 2.51. The molecule has 0 atom stereocenters. The van der Waals surface area contributed by atoms with Crippen molar-refractivity contribution in [1.29, 1.82) is 0 Å². The van der Waals surface area contributed by atoms with Gasteiger partial charge in [0.15, 0.2) is 0 Å². The van der Waals surface area contributed by atoms with Crippen LogP contribution in [0.5, 0.6) is 0 Å². The molecule has 282 valence electrons. The average molecular weight is 774 g/mol. The molecule has 0 aliphatic rings. The molecule has 14 aromatic rings. The summed E-state index contributed by atoms with van der Waals surface area (Å²) in [7, 11) is 0. The summed E-state index contributed by atoms with van der Waals surface area (Å²) in [6, 6.07) is 78.5. The van der Waals surface area contributed by atoms with Gasteiger partial charge in [-0.3, -0.25) is 0 Å². The number of rotatable bonds is 4. The van der Waals surface area contributed by atoms with E-state index in [0.29, 0.717) is 0 Å². The van der Waals surface area contributed by atoms with Gasteiger partial charge in [-0.25, -0.2) is 0 Å². The molecule has 3 heterocycles. The standard InChI is InChI=1S/C58H35N3/c1-3-15-40(16-4-1)59-49-23-10-7-19-42(49)47-32-37(27-30-52(47)59)38-28-31-53-48(33-38)43-20-8-11-24-50(43)61(53)54-34-39-35-55-58(46-29-26-36-14-13-22-45(54)56(36)57(39)46)44-21-9-12-25-51(44)60(55)41-17-5-2-6-18-41/h1-35H. The molecule has 0 fully saturated rings. The van der Waals surface area contributed by atoms with Gasteiger partial charge in [0.1, 0.15) is 0 Å². The zero-order chi connectivity index (χ0) is 39.8. The molecular formula is C58H35N3. The maximum Gasteiger partial charge on any atom is 0.0553 e. The Hall–Kier alpha value is -8.14. The van der Waals surface area contributed by atoms with Gasteiger partial charge in [-0.2, -0.15) is 0 Å². The SMILES string of the molecule is c1ccc(-n2c3ccccc3c3cc(-c4ccc5c(c4)c4ccccc4n5-c4cc5cc6c(c7ccc8cccc4c8c57)c4ccccc4n6-c4ccccc4)ccc32)cc1. The quantitative estimate of drug-likeness (QED) is 0.158.